The van der Waals surface area contributed by atoms with Gasteiger partial charge < -0.3 is 4.90 Å². The second-order valence-corrected chi connectivity index (χ2v) is 5.19. The van der Waals surface area contributed by atoms with E-state index in [1.54, 1.807) is 6.08 Å². The molecule has 0 fully saturated rings. The molecular formula is C22H31N. The van der Waals surface area contributed by atoms with Crippen molar-refractivity contribution in [2.45, 2.75) is 34.1 Å². The Labute approximate surface area is 143 Å². The third kappa shape index (κ3) is 8.67. The third-order valence-corrected chi connectivity index (χ3v) is 2.73. The van der Waals surface area contributed by atoms with Gasteiger partial charge in [-0.2, -0.15) is 0 Å². The van der Waals surface area contributed by atoms with Gasteiger partial charge in [-0.15, -0.1) is 13.2 Å². The van der Waals surface area contributed by atoms with Gasteiger partial charge in [-0.1, -0.05) is 68.3 Å². The average molecular weight is 309 g/mol. The normalized spacial score (nSPS) is 8.70. The van der Waals surface area contributed by atoms with E-state index < -0.39 is 0 Å². The highest BCUT2D eigenvalue weighted by Gasteiger charge is 2.06. The summed E-state index contributed by atoms with van der Waals surface area (Å²) in [6.45, 7) is 16.2. The Bertz CT molecular complexity index is 526. The topological polar surface area (TPSA) is 3.24 Å². The molecule has 0 aliphatic carbocycles. The Balaban J connectivity index is 0.000000704. The summed E-state index contributed by atoms with van der Waals surface area (Å²) < 4.78 is 0. The summed E-state index contributed by atoms with van der Waals surface area (Å²) in [6, 6.07) is 18.9. The Morgan fingerprint density at radius 3 is 1.74 bits per heavy atom. The van der Waals surface area contributed by atoms with Crippen LogP contribution in [0.2, 0.25) is 0 Å². The van der Waals surface area contributed by atoms with Crippen LogP contribution in [0.1, 0.15) is 32.8 Å². The lowest BCUT2D eigenvalue weighted by Crippen LogP contribution is -2.16. The van der Waals surface area contributed by atoms with Crippen LogP contribution >= 0.6 is 0 Å². The molecule has 0 unspecified atom stereocenters. The lowest BCUT2D eigenvalue weighted by molar-refractivity contribution is 1.09. The van der Waals surface area contributed by atoms with Gasteiger partial charge in [0.25, 0.3) is 0 Å². The largest absolute Gasteiger partial charge is 0.338 e. The fourth-order valence-corrected chi connectivity index (χ4v) is 1.82. The van der Waals surface area contributed by atoms with E-state index >= 15 is 0 Å². The second-order valence-electron chi connectivity index (χ2n) is 5.19. The first-order valence-corrected chi connectivity index (χ1v) is 8.21. The van der Waals surface area contributed by atoms with Gasteiger partial charge in [-0.25, -0.2) is 0 Å². The Hall–Kier alpha value is -2.28. The molecule has 0 saturated carbocycles. The number of rotatable bonds is 4. The number of para-hydroxylation sites is 1. The SMILES string of the molecule is C=CC.C=CCN(c1ccccc1)c1ccc(C)cc1.CCC. The minimum atomic E-state index is 0.813. The number of anilines is 2. The monoisotopic (exact) mass is 309 g/mol. The number of allylic oxidation sites excluding steroid dienone is 1. The van der Waals surface area contributed by atoms with Crippen LogP contribution in [0.5, 0.6) is 0 Å². The molecule has 0 spiro atoms. The van der Waals surface area contributed by atoms with Crippen molar-refractivity contribution < 1.29 is 0 Å². The number of benzene rings is 2. The molecule has 2 aromatic carbocycles. The lowest BCUT2D eigenvalue weighted by atomic mass is 10.2. The Kier molecular flexibility index (Phi) is 12.1. The molecule has 124 valence electrons. The van der Waals surface area contributed by atoms with Gasteiger partial charge in [0, 0.05) is 17.9 Å². The summed E-state index contributed by atoms with van der Waals surface area (Å²) in [5.41, 5.74) is 3.67. The number of hydrogen-bond donors (Lipinski definition) is 0. The Morgan fingerprint density at radius 2 is 1.30 bits per heavy atom. The van der Waals surface area contributed by atoms with E-state index in [0.29, 0.717) is 0 Å². The summed E-state index contributed by atoms with van der Waals surface area (Å²) in [7, 11) is 0. The maximum atomic E-state index is 3.83. The molecule has 0 amide bonds. The van der Waals surface area contributed by atoms with Crippen LogP contribution in [0, 0.1) is 6.92 Å². The number of hydrogen-bond acceptors (Lipinski definition) is 1. The van der Waals surface area contributed by atoms with Crippen LogP contribution in [-0.2, 0) is 0 Å². The smallest absolute Gasteiger partial charge is 0.0413 e. The number of nitrogens with zero attached hydrogens (tertiary/aromatic N) is 1. The van der Waals surface area contributed by atoms with Gasteiger partial charge in [0.1, 0.15) is 0 Å². The molecular weight excluding hydrogens is 278 g/mol. The van der Waals surface area contributed by atoms with Crippen molar-refractivity contribution in [2.75, 3.05) is 11.4 Å². The maximum absolute atomic E-state index is 3.83. The summed E-state index contributed by atoms with van der Waals surface area (Å²) >= 11 is 0. The van der Waals surface area contributed by atoms with Crippen LogP contribution < -0.4 is 4.90 Å². The summed E-state index contributed by atoms with van der Waals surface area (Å²) in [5.74, 6) is 0. The van der Waals surface area contributed by atoms with Crippen molar-refractivity contribution in [3.05, 3.63) is 85.5 Å². The standard InChI is InChI=1S/C16H17N.C3H8.C3H6/c1-3-13-17(15-7-5-4-6-8-15)16-11-9-14(2)10-12-16;2*1-3-2/h3-12H,1,13H2,2H3;3H2,1-2H3;3H,1H2,2H3. The minimum Gasteiger partial charge on any atom is -0.338 e. The molecule has 1 heteroatoms. The fourth-order valence-electron chi connectivity index (χ4n) is 1.82. The van der Waals surface area contributed by atoms with E-state index in [4.69, 9.17) is 0 Å². The van der Waals surface area contributed by atoms with Gasteiger partial charge in [-0.05, 0) is 38.1 Å². The van der Waals surface area contributed by atoms with E-state index in [-0.39, 0.29) is 0 Å². The first-order chi connectivity index (χ1) is 11.1. The molecule has 0 bridgehead atoms. The molecule has 2 rings (SSSR count). The molecule has 0 saturated heterocycles. The highest BCUT2D eigenvalue weighted by atomic mass is 15.1. The molecule has 0 heterocycles. The highest BCUT2D eigenvalue weighted by molar-refractivity contribution is 5.63. The van der Waals surface area contributed by atoms with Crippen LogP contribution in [0.4, 0.5) is 11.4 Å². The molecule has 0 aliphatic heterocycles. The minimum absolute atomic E-state index is 0.813. The first-order valence-electron chi connectivity index (χ1n) is 8.21. The van der Waals surface area contributed by atoms with Crippen LogP contribution in [0.3, 0.4) is 0 Å². The third-order valence-electron chi connectivity index (χ3n) is 2.73. The molecule has 0 atom stereocenters. The van der Waals surface area contributed by atoms with Crippen LogP contribution in [0.15, 0.2) is 79.9 Å². The van der Waals surface area contributed by atoms with E-state index in [0.717, 1.165) is 6.54 Å². The van der Waals surface area contributed by atoms with Crippen molar-refractivity contribution in [1.82, 2.24) is 0 Å². The molecule has 0 N–H and O–H groups in total. The van der Waals surface area contributed by atoms with Crippen LogP contribution in [-0.4, -0.2) is 6.54 Å². The predicted molar refractivity (Wildman–Crippen MR) is 107 cm³/mol. The second kappa shape index (κ2) is 13.4. The zero-order chi connectivity index (χ0) is 17.5. The average Bonchev–Trinajstić information content (AvgIpc) is 2.56. The molecule has 1 nitrogen and oxygen atoms in total. The molecule has 0 radical (unpaired) electrons. The maximum Gasteiger partial charge on any atom is 0.0413 e. The van der Waals surface area contributed by atoms with Crippen molar-refractivity contribution in [2.24, 2.45) is 0 Å². The van der Waals surface area contributed by atoms with E-state index in [2.05, 4.69) is 87.4 Å². The molecule has 2 aromatic rings. The zero-order valence-corrected chi connectivity index (χ0v) is 15.1. The van der Waals surface area contributed by atoms with Crippen molar-refractivity contribution in [3.8, 4) is 0 Å². The van der Waals surface area contributed by atoms with Crippen molar-refractivity contribution in [1.29, 1.82) is 0 Å². The lowest BCUT2D eigenvalue weighted by Gasteiger charge is -2.23. The first kappa shape index (κ1) is 20.7. The Morgan fingerprint density at radius 1 is 0.870 bits per heavy atom. The van der Waals surface area contributed by atoms with Gasteiger partial charge >= 0.3 is 0 Å². The molecule has 0 aliphatic rings. The van der Waals surface area contributed by atoms with Crippen molar-refractivity contribution >= 4 is 11.4 Å². The summed E-state index contributed by atoms with van der Waals surface area (Å²) in [4.78, 5) is 2.24. The van der Waals surface area contributed by atoms with E-state index in [1.807, 2.05) is 19.1 Å². The quantitative estimate of drug-likeness (QED) is 0.553. The van der Waals surface area contributed by atoms with Crippen LogP contribution in [0.25, 0.3) is 0 Å². The van der Waals surface area contributed by atoms with Gasteiger partial charge in [0.05, 0.1) is 0 Å². The van der Waals surface area contributed by atoms with Crippen molar-refractivity contribution in [3.63, 3.8) is 0 Å². The van der Waals surface area contributed by atoms with E-state index in [1.165, 1.54) is 23.4 Å². The van der Waals surface area contributed by atoms with E-state index in [9.17, 15) is 0 Å². The molecule has 0 aromatic heterocycles. The van der Waals surface area contributed by atoms with Gasteiger partial charge in [-0.3, -0.25) is 0 Å². The number of aryl methyl sites for hydroxylation is 1. The van der Waals surface area contributed by atoms with Gasteiger partial charge in [0.15, 0.2) is 0 Å². The predicted octanol–water partition coefficient (Wildman–Crippen LogP) is 6.93. The van der Waals surface area contributed by atoms with Gasteiger partial charge in [0.2, 0.25) is 0 Å². The zero-order valence-electron chi connectivity index (χ0n) is 15.1. The molecule has 23 heavy (non-hydrogen) atoms. The summed E-state index contributed by atoms with van der Waals surface area (Å²) in [5, 5.41) is 0. The highest BCUT2D eigenvalue weighted by Crippen LogP contribution is 2.24. The fraction of sp³-hybridized carbons (Fsp3) is 0.273. The summed E-state index contributed by atoms with van der Waals surface area (Å²) in [6.07, 6.45) is 4.92.